The van der Waals surface area contributed by atoms with Gasteiger partial charge in [-0.3, -0.25) is 19.2 Å². The molecule has 6 N–H and O–H groups in total. The lowest BCUT2D eigenvalue weighted by molar-refractivity contribution is -0.146. The minimum Gasteiger partial charge on any atom is -0.481 e. The van der Waals surface area contributed by atoms with Gasteiger partial charge in [-0.25, -0.2) is 0 Å². The molecule has 10 heteroatoms. The summed E-state index contributed by atoms with van der Waals surface area (Å²) in [5.74, 6) is -4.96. The number of unbranched alkanes of at least 4 members (excludes halogenated alkanes) is 1. The van der Waals surface area contributed by atoms with Crippen LogP contribution in [0.3, 0.4) is 0 Å². The molecular formula is C12H20N2O8. The third-order valence-electron chi connectivity index (χ3n) is 2.74. The number of hydrogen-bond acceptors (Lipinski definition) is 6. The predicted molar refractivity (Wildman–Crippen MR) is 72.6 cm³/mol. The van der Waals surface area contributed by atoms with Crippen molar-refractivity contribution in [3.63, 3.8) is 0 Å². The Kier molecular flexibility index (Phi) is 9.46. The maximum absolute atomic E-state index is 10.8. The van der Waals surface area contributed by atoms with Crippen LogP contribution in [0.1, 0.15) is 25.7 Å². The summed E-state index contributed by atoms with van der Waals surface area (Å²) in [5, 5.41) is 39.8. The number of rotatable bonds is 13. The van der Waals surface area contributed by atoms with E-state index in [0.717, 1.165) is 0 Å². The SMILES string of the molecule is O=C(O)C[C@H](NCCCCN[C@@H](CC(=O)O)C(=O)O)C(=O)O. The summed E-state index contributed by atoms with van der Waals surface area (Å²) in [5.41, 5.74) is 0. The average molecular weight is 320 g/mol. The molecule has 0 aliphatic carbocycles. The molecule has 0 heterocycles. The van der Waals surface area contributed by atoms with E-state index in [0.29, 0.717) is 12.8 Å². The first-order valence-electron chi connectivity index (χ1n) is 6.60. The van der Waals surface area contributed by atoms with Crippen molar-refractivity contribution < 1.29 is 39.6 Å². The van der Waals surface area contributed by atoms with E-state index >= 15 is 0 Å². The van der Waals surface area contributed by atoms with E-state index in [1.165, 1.54) is 0 Å². The van der Waals surface area contributed by atoms with E-state index in [-0.39, 0.29) is 13.1 Å². The Balaban J connectivity index is 3.91. The summed E-state index contributed by atoms with van der Waals surface area (Å²) < 4.78 is 0. The maximum Gasteiger partial charge on any atom is 0.321 e. The fourth-order valence-electron chi connectivity index (χ4n) is 1.65. The van der Waals surface area contributed by atoms with Gasteiger partial charge in [-0.1, -0.05) is 0 Å². The van der Waals surface area contributed by atoms with E-state index in [1.807, 2.05) is 0 Å². The van der Waals surface area contributed by atoms with Gasteiger partial charge in [-0.05, 0) is 25.9 Å². The van der Waals surface area contributed by atoms with Gasteiger partial charge in [0.05, 0.1) is 12.8 Å². The summed E-state index contributed by atoms with van der Waals surface area (Å²) in [6.07, 6.45) is -0.105. The smallest absolute Gasteiger partial charge is 0.321 e. The first-order valence-corrected chi connectivity index (χ1v) is 6.60. The molecule has 0 saturated carbocycles. The molecule has 0 radical (unpaired) electrons. The van der Waals surface area contributed by atoms with Gasteiger partial charge in [0.15, 0.2) is 0 Å². The summed E-state index contributed by atoms with van der Waals surface area (Å²) in [7, 11) is 0. The van der Waals surface area contributed by atoms with Crippen molar-refractivity contribution in [2.24, 2.45) is 0 Å². The first kappa shape index (κ1) is 19.8. The first-order chi connectivity index (χ1) is 10.2. The Hall–Kier alpha value is -2.20. The molecule has 0 amide bonds. The second kappa shape index (κ2) is 10.5. The highest BCUT2D eigenvalue weighted by atomic mass is 16.4. The molecule has 0 fully saturated rings. The Morgan fingerprint density at radius 3 is 1.23 bits per heavy atom. The molecule has 0 unspecified atom stereocenters. The fraction of sp³-hybridized carbons (Fsp3) is 0.667. The zero-order valence-corrected chi connectivity index (χ0v) is 11.8. The van der Waals surface area contributed by atoms with Gasteiger partial charge in [0.2, 0.25) is 0 Å². The molecular weight excluding hydrogens is 300 g/mol. The Bertz CT molecular complexity index is 374. The Morgan fingerprint density at radius 2 is 1.00 bits per heavy atom. The van der Waals surface area contributed by atoms with E-state index in [9.17, 15) is 19.2 Å². The van der Waals surface area contributed by atoms with Crippen molar-refractivity contribution >= 4 is 23.9 Å². The van der Waals surface area contributed by atoms with Gasteiger partial charge in [0.1, 0.15) is 12.1 Å². The Labute approximate surface area is 126 Å². The highest BCUT2D eigenvalue weighted by molar-refractivity contribution is 5.81. The standard InChI is InChI=1S/C12H20N2O8/c15-9(16)5-7(11(19)20)13-3-1-2-4-14-8(12(21)22)6-10(17)18/h7-8,13-14H,1-6H2,(H,15,16)(H,17,18)(H,19,20)(H,21,22)/t7-,8-/m0/s1. The highest BCUT2D eigenvalue weighted by Crippen LogP contribution is 1.96. The molecule has 0 aromatic heterocycles. The maximum atomic E-state index is 10.8. The normalized spacial score (nSPS) is 13.3. The van der Waals surface area contributed by atoms with Crippen LogP contribution in [-0.4, -0.2) is 69.5 Å². The molecule has 0 aliphatic rings. The molecule has 0 saturated heterocycles. The molecule has 126 valence electrons. The number of carboxylic acids is 4. The summed E-state index contributed by atoms with van der Waals surface area (Å²) in [6, 6.07) is -2.35. The average Bonchev–Trinajstić information content (AvgIpc) is 2.38. The van der Waals surface area contributed by atoms with Crippen molar-refractivity contribution in [1.29, 1.82) is 0 Å². The number of carbonyl (C=O) groups is 4. The van der Waals surface area contributed by atoms with E-state index in [1.54, 1.807) is 0 Å². The van der Waals surface area contributed by atoms with Crippen LogP contribution in [0.5, 0.6) is 0 Å². The molecule has 0 spiro atoms. The van der Waals surface area contributed by atoms with Crippen molar-refractivity contribution in [2.75, 3.05) is 13.1 Å². The molecule has 10 nitrogen and oxygen atoms in total. The lowest BCUT2D eigenvalue weighted by atomic mass is 10.2. The summed E-state index contributed by atoms with van der Waals surface area (Å²) >= 11 is 0. The molecule has 0 rings (SSSR count). The molecule has 0 aromatic carbocycles. The van der Waals surface area contributed by atoms with Gasteiger partial charge in [0.25, 0.3) is 0 Å². The second-order valence-electron chi connectivity index (χ2n) is 4.59. The van der Waals surface area contributed by atoms with Crippen molar-refractivity contribution in [2.45, 2.75) is 37.8 Å². The highest BCUT2D eigenvalue weighted by Gasteiger charge is 2.21. The van der Waals surface area contributed by atoms with Gasteiger partial charge in [-0.15, -0.1) is 0 Å². The number of aliphatic carboxylic acids is 4. The topological polar surface area (TPSA) is 173 Å². The van der Waals surface area contributed by atoms with Crippen LogP contribution in [0.25, 0.3) is 0 Å². The van der Waals surface area contributed by atoms with E-state index < -0.39 is 48.8 Å². The lowest BCUT2D eigenvalue weighted by Crippen LogP contribution is -2.40. The van der Waals surface area contributed by atoms with Crippen LogP contribution in [-0.2, 0) is 19.2 Å². The lowest BCUT2D eigenvalue weighted by Gasteiger charge is -2.14. The number of hydrogen-bond donors (Lipinski definition) is 6. The van der Waals surface area contributed by atoms with E-state index in [2.05, 4.69) is 10.6 Å². The minimum absolute atomic E-state index is 0.253. The third kappa shape index (κ3) is 9.66. The summed E-state index contributed by atoms with van der Waals surface area (Å²) in [6.45, 7) is 0.505. The number of carboxylic acid groups (broad SMARTS) is 4. The quantitative estimate of drug-likeness (QED) is 0.226. The van der Waals surface area contributed by atoms with Crippen LogP contribution in [0, 0.1) is 0 Å². The molecule has 22 heavy (non-hydrogen) atoms. The van der Waals surface area contributed by atoms with Crippen LogP contribution in [0.15, 0.2) is 0 Å². The zero-order chi connectivity index (χ0) is 17.1. The molecule has 0 bridgehead atoms. The fourth-order valence-corrected chi connectivity index (χ4v) is 1.65. The van der Waals surface area contributed by atoms with Crippen LogP contribution in [0.2, 0.25) is 0 Å². The second-order valence-corrected chi connectivity index (χ2v) is 4.59. The predicted octanol–water partition coefficient (Wildman–Crippen LogP) is -1.20. The molecule has 2 atom stereocenters. The van der Waals surface area contributed by atoms with Crippen molar-refractivity contribution in [3.05, 3.63) is 0 Å². The molecule has 0 aliphatic heterocycles. The zero-order valence-electron chi connectivity index (χ0n) is 11.8. The molecule has 0 aromatic rings. The monoisotopic (exact) mass is 320 g/mol. The van der Waals surface area contributed by atoms with Crippen LogP contribution in [0.4, 0.5) is 0 Å². The Morgan fingerprint density at radius 1 is 0.682 bits per heavy atom. The number of nitrogens with one attached hydrogen (secondary N) is 2. The minimum atomic E-state index is -1.26. The van der Waals surface area contributed by atoms with Crippen LogP contribution < -0.4 is 10.6 Å². The van der Waals surface area contributed by atoms with Gasteiger partial charge < -0.3 is 31.1 Å². The van der Waals surface area contributed by atoms with Gasteiger partial charge in [0, 0.05) is 0 Å². The van der Waals surface area contributed by atoms with Crippen LogP contribution >= 0.6 is 0 Å². The van der Waals surface area contributed by atoms with Crippen molar-refractivity contribution in [1.82, 2.24) is 10.6 Å². The van der Waals surface area contributed by atoms with Gasteiger partial charge >= 0.3 is 23.9 Å². The third-order valence-corrected chi connectivity index (χ3v) is 2.74. The summed E-state index contributed by atoms with van der Waals surface area (Å²) in [4.78, 5) is 42.4. The van der Waals surface area contributed by atoms with Crippen molar-refractivity contribution in [3.8, 4) is 0 Å². The van der Waals surface area contributed by atoms with E-state index in [4.69, 9.17) is 20.4 Å². The largest absolute Gasteiger partial charge is 0.481 e. The van der Waals surface area contributed by atoms with Gasteiger partial charge in [-0.2, -0.15) is 0 Å².